The molecule has 0 fully saturated rings. The summed E-state index contributed by atoms with van der Waals surface area (Å²) >= 11 is 5.82. The highest BCUT2D eigenvalue weighted by Crippen LogP contribution is 2.24. The molecule has 2 aromatic carbocycles. The van der Waals surface area contributed by atoms with Crippen LogP contribution in [0.4, 0.5) is 0 Å². The maximum absolute atomic E-state index is 12.0. The zero-order valence-electron chi connectivity index (χ0n) is 13.9. The fourth-order valence-corrected chi connectivity index (χ4v) is 3.76. The molecular formula is C19H20ClNO3S. The second-order valence-electron chi connectivity index (χ2n) is 5.19. The Morgan fingerprint density at radius 3 is 2.32 bits per heavy atom. The lowest BCUT2D eigenvalue weighted by Crippen LogP contribution is -2.14. The fourth-order valence-electron chi connectivity index (χ4n) is 2.34. The summed E-state index contributed by atoms with van der Waals surface area (Å²) in [5.74, 6) is 1.11. The molecule has 4 nitrogen and oxygen atoms in total. The van der Waals surface area contributed by atoms with Crippen LogP contribution in [-0.2, 0) is 15.9 Å². The largest absolute Gasteiger partial charge is 0.497 e. The van der Waals surface area contributed by atoms with Gasteiger partial charge in [0, 0.05) is 17.5 Å². The molecule has 1 heterocycles. The van der Waals surface area contributed by atoms with Crippen LogP contribution >= 0.6 is 11.6 Å². The zero-order valence-corrected chi connectivity index (χ0v) is 15.5. The second kappa shape index (κ2) is 8.74. The van der Waals surface area contributed by atoms with E-state index in [0.717, 1.165) is 16.7 Å². The van der Waals surface area contributed by atoms with E-state index in [4.69, 9.17) is 16.3 Å². The molecule has 0 N–H and O–H groups in total. The first-order valence-corrected chi connectivity index (χ1v) is 9.76. The van der Waals surface area contributed by atoms with Crippen molar-refractivity contribution < 1.29 is 13.2 Å². The van der Waals surface area contributed by atoms with Gasteiger partial charge in [-0.15, -0.1) is 18.2 Å². The quantitative estimate of drug-likeness (QED) is 0.488. The van der Waals surface area contributed by atoms with E-state index in [2.05, 4.69) is 6.58 Å². The number of fused-ring (bicyclic) bond motifs is 1. The maximum Gasteiger partial charge on any atom is 0.242 e. The normalized spacial score (nSPS) is 10.8. The summed E-state index contributed by atoms with van der Waals surface area (Å²) in [6.45, 7) is 3.46. The van der Waals surface area contributed by atoms with Crippen molar-refractivity contribution in [1.29, 1.82) is 0 Å². The average molecular weight is 378 g/mol. The van der Waals surface area contributed by atoms with Crippen LogP contribution in [0, 0.1) is 0 Å². The van der Waals surface area contributed by atoms with E-state index >= 15 is 0 Å². The zero-order chi connectivity index (χ0) is 18.3. The lowest BCUT2D eigenvalue weighted by atomic mass is 10.2. The minimum absolute atomic E-state index is 0.0899. The monoisotopic (exact) mass is 377 g/mol. The highest BCUT2D eigenvalue weighted by molar-refractivity contribution is 7.90. The number of nitrogens with zero attached hydrogens (tertiary/aromatic N) is 1. The molecule has 6 heteroatoms. The van der Waals surface area contributed by atoms with Crippen molar-refractivity contribution in [2.75, 3.05) is 12.9 Å². The number of alkyl halides is 1. The number of ether oxygens (including phenoxy) is 1. The fraction of sp³-hybridized carbons (Fsp3) is 0.158. The van der Waals surface area contributed by atoms with E-state index in [1.165, 1.54) is 10.0 Å². The van der Waals surface area contributed by atoms with Crippen LogP contribution in [0.3, 0.4) is 0 Å². The molecular weight excluding hydrogens is 358 g/mol. The summed E-state index contributed by atoms with van der Waals surface area (Å²) in [4.78, 5) is 0. The molecule has 0 aliphatic carbocycles. The van der Waals surface area contributed by atoms with Gasteiger partial charge in [-0.05, 0) is 23.8 Å². The van der Waals surface area contributed by atoms with Gasteiger partial charge < -0.3 is 4.74 Å². The number of hydrogen-bond acceptors (Lipinski definition) is 3. The molecule has 1 aromatic heterocycles. The molecule has 3 rings (SSSR count). The van der Waals surface area contributed by atoms with Crippen LogP contribution in [0.15, 0.2) is 73.4 Å². The number of benzene rings is 2. The Morgan fingerprint density at radius 1 is 1.12 bits per heavy atom. The third kappa shape index (κ3) is 4.65. The van der Waals surface area contributed by atoms with Crippen LogP contribution < -0.4 is 4.74 Å². The first-order chi connectivity index (χ1) is 12.0. The summed E-state index contributed by atoms with van der Waals surface area (Å²) in [5.41, 5.74) is 1.47. The molecule has 3 aromatic rings. The molecule has 0 unspecified atom stereocenters. The summed E-state index contributed by atoms with van der Waals surface area (Å²) in [6.07, 6.45) is 2.96. The van der Waals surface area contributed by atoms with Crippen molar-refractivity contribution in [3.05, 3.63) is 79.0 Å². The molecule has 0 spiro atoms. The van der Waals surface area contributed by atoms with Gasteiger partial charge in [-0.25, -0.2) is 12.4 Å². The molecule has 0 saturated carbocycles. The SMILES string of the molecule is C=CCS(=O)(=O)n1cc(CCl)c2ccccc21.COc1ccccc1. The van der Waals surface area contributed by atoms with Gasteiger partial charge in [-0.1, -0.05) is 42.5 Å². The van der Waals surface area contributed by atoms with E-state index < -0.39 is 10.0 Å². The lowest BCUT2D eigenvalue weighted by Gasteiger charge is -2.04. The molecule has 132 valence electrons. The minimum Gasteiger partial charge on any atom is -0.497 e. The van der Waals surface area contributed by atoms with Crippen molar-refractivity contribution in [3.63, 3.8) is 0 Å². The van der Waals surface area contributed by atoms with Gasteiger partial charge in [0.1, 0.15) is 5.75 Å². The standard InChI is InChI=1S/C12H12ClNO2S.C7H8O/c1-2-7-17(15,16)14-9-10(8-13)11-5-3-4-6-12(11)14;1-8-7-5-3-2-4-6-7/h2-6,9H,1,7-8H2;2-6H,1H3. The summed E-state index contributed by atoms with van der Waals surface area (Å²) in [6, 6.07) is 17.0. The number of hydrogen-bond donors (Lipinski definition) is 0. The molecule has 0 aliphatic heterocycles. The molecule has 25 heavy (non-hydrogen) atoms. The van der Waals surface area contributed by atoms with Gasteiger partial charge in [-0.2, -0.15) is 0 Å². The van der Waals surface area contributed by atoms with Crippen LogP contribution in [0.25, 0.3) is 10.9 Å². The van der Waals surface area contributed by atoms with Crippen molar-refractivity contribution in [2.45, 2.75) is 5.88 Å². The van der Waals surface area contributed by atoms with Crippen LogP contribution in [0.2, 0.25) is 0 Å². The van der Waals surface area contributed by atoms with Crippen LogP contribution in [0.1, 0.15) is 5.56 Å². The third-order valence-corrected chi connectivity index (χ3v) is 5.36. The van der Waals surface area contributed by atoms with Crippen molar-refractivity contribution in [2.24, 2.45) is 0 Å². The number of para-hydroxylation sites is 2. The predicted molar refractivity (Wildman–Crippen MR) is 104 cm³/mol. The van der Waals surface area contributed by atoms with Gasteiger partial charge in [0.2, 0.25) is 10.0 Å². The highest BCUT2D eigenvalue weighted by atomic mass is 35.5. The molecule has 0 aliphatic rings. The number of rotatable bonds is 5. The number of methoxy groups -OCH3 is 1. The number of halogens is 1. The Hall–Kier alpha value is -2.24. The Balaban J connectivity index is 0.000000236. The van der Waals surface area contributed by atoms with Crippen molar-refractivity contribution in [3.8, 4) is 5.75 Å². The van der Waals surface area contributed by atoms with Gasteiger partial charge in [0.05, 0.1) is 18.4 Å². The van der Waals surface area contributed by atoms with E-state index in [1.807, 2.05) is 42.5 Å². The van der Waals surface area contributed by atoms with E-state index in [1.54, 1.807) is 25.4 Å². The van der Waals surface area contributed by atoms with E-state index in [0.29, 0.717) is 5.52 Å². The molecule has 0 bridgehead atoms. The lowest BCUT2D eigenvalue weighted by molar-refractivity contribution is 0.415. The van der Waals surface area contributed by atoms with Crippen molar-refractivity contribution >= 4 is 32.5 Å². The smallest absolute Gasteiger partial charge is 0.242 e. The van der Waals surface area contributed by atoms with Gasteiger partial charge in [0.25, 0.3) is 0 Å². The molecule has 0 amide bonds. The highest BCUT2D eigenvalue weighted by Gasteiger charge is 2.16. The third-order valence-electron chi connectivity index (χ3n) is 3.51. The summed E-state index contributed by atoms with van der Waals surface area (Å²) in [5, 5.41) is 0.870. The van der Waals surface area contributed by atoms with Crippen LogP contribution in [0.5, 0.6) is 5.75 Å². The first-order valence-electron chi connectivity index (χ1n) is 7.61. The van der Waals surface area contributed by atoms with Gasteiger partial charge in [0.15, 0.2) is 0 Å². The van der Waals surface area contributed by atoms with E-state index in [9.17, 15) is 8.42 Å². The second-order valence-corrected chi connectivity index (χ2v) is 7.34. The van der Waals surface area contributed by atoms with Crippen LogP contribution in [-0.4, -0.2) is 25.3 Å². The van der Waals surface area contributed by atoms with Crippen molar-refractivity contribution in [1.82, 2.24) is 3.97 Å². The summed E-state index contributed by atoms with van der Waals surface area (Å²) in [7, 11) is -1.72. The average Bonchev–Trinajstić information content (AvgIpc) is 3.03. The molecule has 0 atom stereocenters. The molecule has 0 radical (unpaired) electrons. The maximum atomic E-state index is 12.0. The summed E-state index contributed by atoms with van der Waals surface area (Å²) < 4.78 is 30.2. The molecule has 0 saturated heterocycles. The first kappa shape index (κ1) is 19.1. The van der Waals surface area contributed by atoms with Gasteiger partial charge in [-0.3, -0.25) is 0 Å². The Labute approximate surface area is 153 Å². The Bertz CT molecular complexity index is 934. The predicted octanol–water partition coefficient (Wildman–Crippen LogP) is 4.44. The Kier molecular flexibility index (Phi) is 6.67. The number of aromatic nitrogens is 1. The van der Waals surface area contributed by atoms with Gasteiger partial charge >= 0.3 is 0 Å². The minimum atomic E-state index is -3.39. The Morgan fingerprint density at radius 2 is 1.76 bits per heavy atom. The topological polar surface area (TPSA) is 48.3 Å². The van der Waals surface area contributed by atoms with E-state index in [-0.39, 0.29) is 11.6 Å².